The van der Waals surface area contributed by atoms with E-state index in [4.69, 9.17) is 17.3 Å². The highest BCUT2D eigenvalue weighted by molar-refractivity contribution is 6.33. The van der Waals surface area contributed by atoms with E-state index in [9.17, 15) is 4.79 Å². The Labute approximate surface area is 126 Å². The summed E-state index contributed by atoms with van der Waals surface area (Å²) in [6.07, 6.45) is 1.10. The highest BCUT2D eigenvalue weighted by Gasteiger charge is 2.16. The molecule has 1 amide bonds. The summed E-state index contributed by atoms with van der Waals surface area (Å²) in [4.78, 5) is 13.1. The first-order chi connectivity index (χ1) is 9.45. The van der Waals surface area contributed by atoms with Crippen LogP contribution >= 0.6 is 11.6 Å². The molecule has 0 spiro atoms. The third-order valence-electron chi connectivity index (χ3n) is 3.03. The van der Waals surface area contributed by atoms with E-state index in [2.05, 4.69) is 12.2 Å². The number of nitrogens with two attached hydrogens (primary N) is 1. The van der Waals surface area contributed by atoms with Crippen molar-refractivity contribution in [2.75, 3.05) is 18.0 Å². The second-order valence-corrected chi connectivity index (χ2v) is 5.56. The topological polar surface area (TPSA) is 58.4 Å². The average molecular weight is 298 g/mol. The lowest BCUT2D eigenvalue weighted by atomic mass is 10.1. The molecule has 0 atom stereocenters. The van der Waals surface area contributed by atoms with Crippen LogP contribution in [0.5, 0.6) is 0 Å². The Balaban J connectivity index is 2.86. The molecule has 0 bridgehead atoms. The number of rotatable bonds is 8. The largest absolute Gasteiger partial charge is 0.368 e. The van der Waals surface area contributed by atoms with Crippen LogP contribution in [-0.4, -0.2) is 25.0 Å². The highest BCUT2D eigenvalue weighted by atomic mass is 35.5. The molecule has 0 aliphatic heterocycles. The van der Waals surface area contributed by atoms with Gasteiger partial charge in [0.2, 0.25) is 5.91 Å². The van der Waals surface area contributed by atoms with Crippen molar-refractivity contribution in [3.05, 3.63) is 28.8 Å². The maximum absolute atomic E-state index is 11.2. The molecule has 0 aliphatic rings. The smallest absolute Gasteiger partial charge is 0.236 e. The Bertz CT molecular complexity index is 449. The van der Waals surface area contributed by atoms with Crippen molar-refractivity contribution in [1.29, 1.82) is 0 Å². The van der Waals surface area contributed by atoms with Crippen molar-refractivity contribution >= 4 is 23.2 Å². The summed E-state index contributed by atoms with van der Waals surface area (Å²) in [7, 11) is 0. The zero-order valence-corrected chi connectivity index (χ0v) is 13.2. The molecule has 0 saturated carbocycles. The van der Waals surface area contributed by atoms with Crippen LogP contribution < -0.4 is 16.0 Å². The summed E-state index contributed by atoms with van der Waals surface area (Å²) in [6, 6.07) is 6.08. The Kier molecular flexibility index (Phi) is 6.82. The predicted molar refractivity (Wildman–Crippen MR) is 85.1 cm³/mol. The van der Waals surface area contributed by atoms with Gasteiger partial charge in [0.05, 0.1) is 17.3 Å². The van der Waals surface area contributed by atoms with Crippen molar-refractivity contribution in [3.8, 4) is 0 Å². The number of carbonyl (C=O) groups is 1. The molecule has 3 N–H and O–H groups in total. The van der Waals surface area contributed by atoms with E-state index >= 15 is 0 Å². The molecule has 0 saturated heterocycles. The van der Waals surface area contributed by atoms with Gasteiger partial charge >= 0.3 is 0 Å². The number of primary amides is 1. The minimum atomic E-state index is -0.358. The predicted octanol–water partition coefficient (Wildman–Crippen LogP) is 2.54. The van der Waals surface area contributed by atoms with E-state index in [1.807, 2.05) is 36.9 Å². The Morgan fingerprint density at radius 1 is 1.45 bits per heavy atom. The van der Waals surface area contributed by atoms with Crippen LogP contribution in [0, 0.1) is 0 Å². The van der Waals surface area contributed by atoms with Crippen LogP contribution in [0.1, 0.15) is 32.8 Å². The second kappa shape index (κ2) is 8.12. The van der Waals surface area contributed by atoms with Crippen LogP contribution in [0.2, 0.25) is 5.02 Å². The second-order valence-electron chi connectivity index (χ2n) is 5.15. The van der Waals surface area contributed by atoms with Gasteiger partial charge < -0.3 is 16.0 Å². The van der Waals surface area contributed by atoms with Crippen LogP contribution in [0.4, 0.5) is 5.69 Å². The molecule has 4 nitrogen and oxygen atoms in total. The normalized spacial score (nSPS) is 10.8. The Morgan fingerprint density at radius 2 is 2.15 bits per heavy atom. The number of nitrogens with zero attached hydrogens (tertiary/aromatic N) is 1. The van der Waals surface area contributed by atoms with E-state index in [0.29, 0.717) is 5.02 Å². The first-order valence-electron chi connectivity index (χ1n) is 6.99. The number of carbonyl (C=O) groups excluding carboxylic acids is 1. The first-order valence-corrected chi connectivity index (χ1v) is 7.37. The molecular formula is C15H24ClN3O. The van der Waals surface area contributed by atoms with Gasteiger partial charge in [0.1, 0.15) is 0 Å². The number of amides is 1. The maximum atomic E-state index is 11.2. The third-order valence-corrected chi connectivity index (χ3v) is 3.33. The van der Waals surface area contributed by atoms with E-state index in [1.54, 1.807) is 0 Å². The lowest BCUT2D eigenvalue weighted by Gasteiger charge is -2.28. The standard InChI is InChI=1S/C15H24ClN3O/c1-4-7-18-9-12-5-6-14(13(16)8-12)19(11(2)3)10-15(17)20/h5-6,8,11,18H,4,7,9-10H2,1-3H3,(H2,17,20). The van der Waals surface area contributed by atoms with Gasteiger partial charge in [-0.3, -0.25) is 4.79 Å². The minimum absolute atomic E-state index is 0.157. The van der Waals surface area contributed by atoms with Gasteiger partial charge in [-0.1, -0.05) is 24.6 Å². The number of nitrogens with one attached hydrogen (secondary N) is 1. The summed E-state index contributed by atoms with van der Waals surface area (Å²) in [5.74, 6) is -0.358. The number of benzene rings is 1. The van der Waals surface area contributed by atoms with Gasteiger partial charge in [-0.25, -0.2) is 0 Å². The monoisotopic (exact) mass is 297 g/mol. The molecular weight excluding hydrogens is 274 g/mol. The lowest BCUT2D eigenvalue weighted by molar-refractivity contribution is -0.116. The fourth-order valence-corrected chi connectivity index (χ4v) is 2.33. The van der Waals surface area contributed by atoms with Gasteiger partial charge in [0.25, 0.3) is 0 Å². The van der Waals surface area contributed by atoms with Crippen LogP contribution in [-0.2, 0) is 11.3 Å². The van der Waals surface area contributed by atoms with Crippen molar-refractivity contribution in [1.82, 2.24) is 5.32 Å². The molecule has 0 heterocycles. The SMILES string of the molecule is CCCNCc1ccc(N(CC(N)=O)C(C)C)c(Cl)c1. The van der Waals surface area contributed by atoms with Crippen molar-refractivity contribution < 1.29 is 4.79 Å². The van der Waals surface area contributed by atoms with Crippen LogP contribution in [0.25, 0.3) is 0 Å². The number of hydrogen-bond acceptors (Lipinski definition) is 3. The quantitative estimate of drug-likeness (QED) is 0.725. The fourth-order valence-electron chi connectivity index (χ4n) is 2.02. The van der Waals surface area contributed by atoms with Crippen LogP contribution in [0.3, 0.4) is 0 Å². The van der Waals surface area contributed by atoms with E-state index in [1.165, 1.54) is 0 Å². The molecule has 0 aromatic heterocycles. The van der Waals surface area contributed by atoms with Crippen molar-refractivity contribution in [2.24, 2.45) is 5.73 Å². The average Bonchev–Trinajstić information content (AvgIpc) is 2.36. The van der Waals surface area contributed by atoms with E-state index in [0.717, 1.165) is 30.8 Å². The summed E-state index contributed by atoms with van der Waals surface area (Å²) < 4.78 is 0. The summed E-state index contributed by atoms with van der Waals surface area (Å²) in [5.41, 5.74) is 7.28. The fraction of sp³-hybridized carbons (Fsp3) is 0.533. The van der Waals surface area contributed by atoms with Gasteiger partial charge in [-0.2, -0.15) is 0 Å². The zero-order valence-electron chi connectivity index (χ0n) is 12.4. The Morgan fingerprint density at radius 3 is 2.65 bits per heavy atom. The van der Waals surface area contributed by atoms with Crippen LogP contribution in [0.15, 0.2) is 18.2 Å². The number of anilines is 1. The van der Waals surface area contributed by atoms with Gasteiger partial charge in [0.15, 0.2) is 0 Å². The lowest BCUT2D eigenvalue weighted by Crippen LogP contribution is -2.38. The third kappa shape index (κ3) is 5.02. The molecule has 0 fully saturated rings. The van der Waals surface area contributed by atoms with Crippen molar-refractivity contribution in [2.45, 2.75) is 39.8 Å². The molecule has 1 rings (SSSR count). The number of hydrogen-bond donors (Lipinski definition) is 2. The molecule has 112 valence electrons. The van der Waals surface area contributed by atoms with Gasteiger partial charge in [-0.15, -0.1) is 0 Å². The molecule has 1 aromatic rings. The summed E-state index contributed by atoms with van der Waals surface area (Å²) >= 11 is 6.34. The molecule has 0 aliphatic carbocycles. The molecule has 1 aromatic carbocycles. The van der Waals surface area contributed by atoms with Gasteiger partial charge in [-0.05, 0) is 44.5 Å². The van der Waals surface area contributed by atoms with Crippen molar-refractivity contribution in [3.63, 3.8) is 0 Å². The van der Waals surface area contributed by atoms with E-state index in [-0.39, 0.29) is 18.5 Å². The van der Waals surface area contributed by atoms with Gasteiger partial charge in [0, 0.05) is 12.6 Å². The van der Waals surface area contributed by atoms with E-state index < -0.39 is 0 Å². The molecule has 0 radical (unpaired) electrons. The molecule has 0 unspecified atom stereocenters. The number of halogens is 1. The maximum Gasteiger partial charge on any atom is 0.236 e. The zero-order chi connectivity index (χ0) is 15.1. The highest BCUT2D eigenvalue weighted by Crippen LogP contribution is 2.28. The molecule has 5 heteroatoms. The molecule has 20 heavy (non-hydrogen) atoms. The Hall–Kier alpha value is -1.26. The first kappa shape index (κ1) is 16.8. The summed E-state index contributed by atoms with van der Waals surface area (Å²) in [6.45, 7) is 8.11. The minimum Gasteiger partial charge on any atom is -0.368 e. The summed E-state index contributed by atoms with van der Waals surface area (Å²) in [5, 5.41) is 3.98.